The van der Waals surface area contributed by atoms with Gasteiger partial charge in [0.25, 0.3) is 0 Å². The summed E-state index contributed by atoms with van der Waals surface area (Å²) < 4.78 is 0. The molecule has 3 rings (SSSR count). The zero-order chi connectivity index (χ0) is 11.0. The van der Waals surface area contributed by atoms with E-state index in [0.29, 0.717) is 0 Å². The summed E-state index contributed by atoms with van der Waals surface area (Å²) in [4.78, 5) is 0. The van der Waals surface area contributed by atoms with Crippen molar-refractivity contribution in [2.24, 2.45) is 0 Å². The Labute approximate surface area is 95.9 Å². The Morgan fingerprint density at radius 2 is 1.81 bits per heavy atom. The van der Waals surface area contributed by atoms with Gasteiger partial charge in [-0.05, 0) is 52.9 Å². The highest BCUT2D eigenvalue weighted by Crippen LogP contribution is 2.32. The fourth-order valence-corrected chi connectivity index (χ4v) is 2.37. The van der Waals surface area contributed by atoms with E-state index in [4.69, 9.17) is 0 Å². The lowest BCUT2D eigenvalue weighted by Crippen LogP contribution is -1.93. The molecule has 0 atom stereocenters. The Bertz CT molecular complexity index is 600. The predicted octanol–water partition coefficient (Wildman–Crippen LogP) is 4.66. The summed E-state index contributed by atoms with van der Waals surface area (Å²) in [5, 5.41) is 2.65. The fraction of sp³-hybridized carbons (Fsp3) is 0.125. The molecular weight excluding hydrogens is 192 g/mol. The first-order valence-electron chi connectivity index (χ1n) is 5.73. The van der Waals surface area contributed by atoms with Gasteiger partial charge >= 0.3 is 0 Å². The second-order valence-electron chi connectivity index (χ2n) is 4.21. The van der Waals surface area contributed by atoms with Crippen LogP contribution in [0.3, 0.4) is 0 Å². The van der Waals surface area contributed by atoms with Crippen LogP contribution in [-0.4, -0.2) is 0 Å². The van der Waals surface area contributed by atoms with Crippen molar-refractivity contribution in [2.75, 3.05) is 0 Å². The molecule has 2 aromatic carbocycles. The Morgan fingerprint density at radius 3 is 2.56 bits per heavy atom. The number of allylic oxidation sites excluding steroid dienone is 3. The lowest BCUT2D eigenvalue weighted by atomic mass is 9.90. The molecule has 0 fully saturated rings. The Hall–Kier alpha value is -1.82. The van der Waals surface area contributed by atoms with E-state index in [1.54, 1.807) is 0 Å². The quantitative estimate of drug-likeness (QED) is 0.588. The normalized spacial score (nSPS) is 16.7. The van der Waals surface area contributed by atoms with E-state index < -0.39 is 0 Å². The van der Waals surface area contributed by atoms with E-state index in [1.807, 2.05) is 0 Å². The molecule has 2 aromatic rings. The molecule has 0 aromatic heterocycles. The van der Waals surface area contributed by atoms with Crippen LogP contribution >= 0.6 is 0 Å². The fourth-order valence-electron chi connectivity index (χ4n) is 2.37. The first kappa shape index (κ1) is 9.41. The molecule has 0 heteroatoms. The first-order valence-corrected chi connectivity index (χ1v) is 5.73. The minimum Gasteiger partial charge on any atom is -0.0835 e. The van der Waals surface area contributed by atoms with Gasteiger partial charge in [0, 0.05) is 0 Å². The molecule has 0 saturated heterocycles. The molecular formula is C16H14. The van der Waals surface area contributed by atoms with Crippen molar-refractivity contribution in [1.82, 2.24) is 0 Å². The third-order valence-corrected chi connectivity index (χ3v) is 3.25. The summed E-state index contributed by atoms with van der Waals surface area (Å²) in [5.74, 6) is 0. The molecule has 16 heavy (non-hydrogen) atoms. The zero-order valence-electron chi connectivity index (χ0n) is 9.40. The predicted molar refractivity (Wildman–Crippen MR) is 71.3 cm³/mol. The summed E-state index contributed by atoms with van der Waals surface area (Å²) in [6.07, 6.45) is 7.75. The van der Waals surface area contributed by atoms with E-state index in [1.165, 1.54) is 27.5 Å². The van der Waals surface area contributed by atoms with Crippen molar-refractivity contribution < 1.29 is 0 Å². The Balaban J connectivity index is 2.35. The van der Waals surface area contributed by atoms with Gasteiger partial charge in [-0.2, -0.15) is 0 Å². The van der Waals surface area contributed by atoms with E-state index in [9.17, 15) is 0 Å². The number of hydrogen-bond acceptors (Lipinski definition) is 0. The maximum Gasteiger partial charge on any atom is -0.00912 e. The smallest absolute Gasteiger partial charge is 0.00912 e. The van der Waals surface area contributed by atoms with Crippen LogP contribution in [0.2, 0.25) is 0 Å². The van der Waals surface area contributed by atoms with E-state index in [-0.39, 0.29) is 0 Å². The maximum absolute atomic E-state index is 2.31. The van der Waals surface area contributed by atoms with Gasteiger partial charge in [0.2, 0.25) is 0 Å². The van der Waals surface area contributed by atoms with E-state index >= 15 is 0 Å². The summed E-state index contributed by atoms with van der Waals surface area (Å²) in [7, 11) is 0. The maximum atomic E-state index is 2.31. The summed E-state index contributed by atoms with van der Waals surface area (Å²) >= 11 is 0. The highest BCUT2D eigenvalue weighted by molar-refractivity contribution is 5.92. The van der Waals surface area contributed by atoms with Crippen LogP contribution in [0, 0.1) is 0 Å². The Kier molecular flexibility index (Phi) is 2.14. The molecule has 0 amide bonds. The summed E-state index contributed by atoms with van der Waals surface area (Å²) in [6, 6.07) is 13.1. The molecule has 1 aliphatic carbocycles. The SMILES string of the molecule is CC=C1CC=Cc2cc3ccccc3cc21. The van der Waals surface area contributed by atoms with Crippen LogP contribution in [0.25, 0.3) is 22.4 Å². The van der Waals surface area contributed by atoms with Crippen molar-refractivity contribution in [2.45, 2.75) is 13.3 Å². The van der Waals surface area contributed by atoms with E-state index in [0.717, 1.165) is 6.42 Å². The lowest BCUT2D eigenvalue weighted by molar-refractivity contribution is 1.35. The number of rotatable bonds is 0. The van der Waals surface area contributed by atoms with Crippen molar-refractivity contribution in [3.05, 3.63) is 59.7 Å². The van der Waals surface area contributed by atoms with Crippen LogP contribution in [-0.2, 0) is 0 Å². The van der Waals surface area contributed by atoms with Crippen LogP contribution in [0.4, 0.5) is 0 Å². The molecule has 0 nitrogen and oxygen atoms in total. The van der Waals surface area contributed by atoms with Gasteiger partial charge in [-0.1, -0.05) is 42.5 Å². The molecule has 0 aliphatic heterocycles. The average molecular weight is 206 g/mol. The second kappa shape index (κ2) is 3.64. The van der Waals surface area contributed by atoms with Crippen molar-refractivity contribution in [3.63, 3.8) is 0 Å². The van der Waals surface area contributed by atoms with Gasteiger partial charge in [0.1, 0.15) is 0 Å². The summed E-state index contributed by atoms with van der Waals surface area (Å²) in [5.41, 5.74) is 4.17. The van der Waals surface area contributed by atoms with Crippen LogP contribution < -0.4 is 0 Å². The third kappa shape index (κ3) is 1.38. The largest absolute Gasteiger partial charge is 0.0835 e. The van der Waals surface area contributed by atoms with Crippen LogP contribution in [0.5, 0.6) is 0 Å². The topological polar surface area (TPSA) is 0 Å². The van der Waals surface area contributed by atoms with Gasteiger partial charge < -0.3 is 0 Å². The second-order valence-corrected chi connectivity index (χ2v) is 4.21. The standard InChI is InChI=1S/C16H14/c1-2-12-8-5-9-15-10-13-6-3-4-7-14(13)11-16(12)15/h2-7,9-11H,8H2,1H3. The van der Waals surface area contributed by atoms with Crippen LogP contribution in [0.15, 0.2) is 48.6 Å². The average Bonchev–Trinajstić information content (AvgIpc) is 2.35. The monoisotopic (exact) mass is 206 g/mol. The summed E-state index contributed by atoms with van der Waals surface area (Å²) in [6.45, 7) is 2.12. The van der Waals surface area contributed by atoms with Gasteiger partial charge in [0.15, 0.2) is 0 Å². The van der Waals surface area contributed by atoms with Gasteiger partial charge in [-0.15, -0.1) is 0 Å². The molecule has 0 saturated carbocycles. The molecule has 78 valence electrons. The van der Waals surface area contributed by atoms with Crippen molar-refractivity contribution in [3.8, 4) is 0 Å². The zero-order valence-corrected chi connectivity index (χ0v) is 9.40. The van der Waals surface area contributed by atoms with E-state index in [2.05, 4.69) is 61.5 Å². The third-order valence-electron chi connectivity index (χ3n) is 3.25. The molecule has 0 radical (unpaired) electrons. The molecule has 0 N–H and O–H groups in total. The number of hydrogen-bond donors (Lipinski definition) is 0. The number of fused-ring (bicyclic) bond motifs is 2. The van der Waals surface area contributed by atoms with Crippen molar-refractivity contribution in [1.29, 1.82) is 0 Å². The lowest BCUT2D eigenvalue weighted by Gasteiger charge is -2.15. The molecule has 0 bridgehead atoms. The molecule has 0 spiro atoms. The first-order chi connectivity index (χ1) is 7.88. The minimum absolute atomic E-state index is 1.06. The molecule has 0 heterocycles. The number of benzene rings is 2. The van der Waals surface area contributed by atoms with Gasteiger partial charge in [-0.25, -0.2) is 0 Å². The molecule has 1 aliphatic rings. The molecule has 0 unspecified atom stereocenters. The Morgan fingerprint density at radius 1 is 1.06 bits per heavy atom. The highest BCUT2D eigenvalue weighted by Gasteiger charge is 2.09. The van der Waals surface area contributed by atoms with Crippen molar-refractivity contribution >= 4 is 22.4 Å². The highest BCUT2D eigenvalue weighted by atomic mass is 14.1. The van der Waals surface area contributed by atoms with Crippen LogP contribution in [0.1, 0.15) is 24.5 Å². The van der Waals surface area contributed by atoms with Gasteiger partial charge in [0.05, 0.1) is 0 Å². The van der Waals surface area contributed by atoms with Gasteiger partial charge in [-0.3, -0.25) is 0 Å². The minimum atomic E-state index is 1.06.